The Bertz CT molecular complexity index is 1430. The molecule has 0 amide bonds. The van der Waals surface area contributed by atoms with E-state index in [4.69, 9.17) is 0 Å². The zero-order valence-electron chi connectivity index (χ0n) is 23.8. The molecule has 0 radical (unpaired) electrons. The maximum absolute atomic E-state index is 4.42. The largest absolute Gasteiger partial charge is 0.372 e. The van der Waals surface area contributed by atoms with Crippen LogP contribution in [0.25, 0.3) is 0 Å². The molecule has 0 aliphatic rings. The summed E-state index contributed by atoms with van der Waals surface area (Å²) in [7, 11) is 0. The van der Waals surface area contributed by atoms with Gasteiger partial charge < -0.3 is 4.90 Å². The van der Waals surface area contributed by atoms with Gasteiger partial charge in [0.1, 0.15) is 0 Å². The van der Waals surface area contributed by atoms with Crippen molar-refractivity contribution in [3.8, 4) is 0 Å². The number of nitrogens with zero attached hydrogens (tertiary/aromatic N) is 7. The highest BCUT2D eigenvalue weighted by molar-refractivity contribution is 5.55. The lowest BCUT2D eigenvalue weighted by Gasteiger charge is -2.20. The third-order valence-corrected chi connectivity index (χ3v) is 6.60. The average molecular weight is 532 g/mol. The Labute approximate surface area is 237 Å². The minimum atomic E-state index is 0.746. The Morgan fingerprint density at radius 3 is 1.48 bits per heavy atom. The summed E-state index contributed by atoms with van der Waals surface area (Å²) in [6.07, 6.45) is 3.50. The third kappa shape index (κ3) is 8.24. The standard InChI is InChI=1S/C33H37N7/c1-5-8-9-26-10-12-27(13-11-26)34-35-28-14-16-29(17-15-28)37-39-33-23-20-31(24-25(33)4)38-36-30-18-21-32(22-19-30)40(6-2)7-3/h10-24H,5-9H2,1-4H3/b35-34+,38-36+,39-37+. The van der Waals surface area contributed by atoms with Gasteiger partial charge in [-0.1, -0.05) is 25.5 Å². The molecule has 0 aliphatic heterocycles. The molecule has 7 nitrogen and oxygen atoms in total. The van der Waals surface area contributed by atoms with Gasteiger partial charge in [0.05, 0.1) is 34.1 Å². The predicted octanol–water partition coefficient (Wildman–Crippen LogP) is 11.4. The molecule has 0 heterocycles. The lowest BCUT2D eigenvalue weighted by atomic mass is 10.1. The van der Waals surface area contributed by atoms with Crippen LogP contribution in [0.3, 0.4) is 0 Å². The van der Waals surface area contributed by atoms with Crippen LogP contribution in [0.15, 0.2) is 122 Å². The van der Waals surface area contributed by atoms with Crippen molar-refractivity contribution in [1.82, 2.24) is 0 Å². The second-order valence-corrected chi connectivity index (χ2v) is 9.55. The SMILES string of the molecule is CCCCc1ccc(/N=N/c2ccc(/N=N/c3ccc(/N=N/c4ccc(N(CC)CC)cc4)cc3C)cc2)cc1. The first-order valence-electron chi connectivity index (χ1n) is 14.0. The summed E-state index contributed by atoms with van der Waals surface area (Å²) in [4.78, 5) is 2.30. The summed E-state index contributed by atoms with van der Waals surface area (Å²) in [5.41, 5.74) is 8.24. The van der Waals surface area contributed by atoms with Gasteiger partial charge in [0.25, 0.3) is 0 Å². The highest BCUT2D eigenvalue weighted by Gasteiger charge is 2.02. The molecule has 0 spiro atoms. The number of rotatable bonds is 12. The molecule has 204 valence electrons. The lowest BCUT2D eigenvalue weighted by Crippen LogP contribution is -2.21. The molecule has 0 aliphatic carbocycles. The highest BCUT2D eigenvalue weighted by atomic mass is 15.1. The molecule has 0 saturated heterocycles. The van der Waals surface area contributed by atoms with Gasteiger partial charge in [-0.05, 0) is 124 Å². The second kappa shape index (κ2) is 14.6. The average Bonchev–Trinajstić information content (AvgIpc) is 3.00. The van der Waals surface area contributed by atoms with Crippen molar-refractivity contribution in [1.29, 1.82) is 0 Å². The molecule has 4 rings (SSSR count). The van der Waals surface area contributed by atoms with E-state index < -0.39 is 0 Å². The summed E-state index contributed by atoms with van der Waals surface area (Å²) in [6, 6.07) is 29.7. The third-order valence-electron chi connectivity index (χ3n) is 6.60. The Kier molecular flexibility index (Phi) is 10.4. The number of azo groups is 3. The molecule has 0 unspecified atom stereocenters. The van der Waals surface area contributed by atoms with Crippen LogP contribution in [0.5, 0.6) is 0 Å². The maximum Gasteiger partial charge on any atom is 0.0887 e. The Morgan fingerprint density at radius 1 is 0.525 bits per heavy atom. The molecular weight excluding hydrogens is 494 g/mol. The van der Waals surface area contributed by atoms with Crippen LogP contribution in [0.1, 0.15) is 44.7 Å². The zero-order valence-corrected chi connectivity index (χ0v) is 23.8. The van der Waals surface area contributed by atoms with Crippen molar-refractivity contribution in [2.45, 2.75) is 47.0 Å². The number of benzene rings is 4. The summed E-state index contributed by atoms with van der Waals surface area (Å²) >= 11 is 0. The topological polar surface area (TPSA) is 77.4 Å². The summed E-state index contributed by atoms with van der Waals surface area (Å²) < 4.78 is 0. The Balaban J connectivity index is 1.34. The van der Waals surface area contributed by atoms with Crippen molar-refractivity contribution in [3.63, 3.8) is 0 Å². The first kappa shape index (κ1) is 28.5. The van der Waals surface area contributed by atoms with E-state index in [0.29, 0.717) is 0 Å². The molecule has 0 N–H and O–H groups in total. The van der Waals surface area contributed by atoms with Gasteiger partial charge in [-0.2, -0.15) is 30.7 Å². The van der Waals surface area contributed by atoms with E-state index in [1.807, 2.05) is 73.7 Å². The number of hydrogen-bond acceptors (Lipinski definition) is 7. The quantitative estimate of drug-likeness (QED) is 0.167. The van der Waals surface area contributed by atoms with Crippen molar-refractivity contribution in [2.24, 2.45) is 30.7 Å². The van der Waals surface area contributed by atoms with E-state index in [9.17, 15) is 0 Å². The Hall–Kier alpha value is -4.52. The van der Waals surface area contributed by atoms with Gasteiger partial charge in [-0.3, -0.25) is 0 Å². The summed E-state index contributed by atoms with van der Waals surface area (Å²) in [6.45, 7) is 10.5. The van der Waals surface area contributed by atoms with Crippen molar-refractivity contribution in [3.05, 3.63) is 102 Å². The fourth-order valence-electron chi connectivity index (χ4n) is 4.17. The second-order valence-electron chi connectivity index (χ2n) is 9.55. The van der Waals surface area contributed by atoms with E-state index in [1.54, 1.807) is 0 Å². The van der Waals surface area contributed by atoms with Crippen LogP contribution in [0, 0.1) is 6.92 Å². The number of anilines is 1. The molecule has 4 aromatic rings. The van der Waals surface area contributed by atoms with E-state index >= 15 is 0 Å². The predicted molar refractivity (Wildman–Crippen MR) is 165 cm³/mol. The number of hydrogen-bond donors (Lipinski definition) is 0. The Morgan fingerprint density at radius 2 is 0.975 bits per heavy atom. The minimum Gasteiger partial charge on any atom is -0.372 e. The van der Waals surface area contributed by atoms with Crippen LogP contribution in [-0.2, 0) is 6.42 Å². The molecule has 0 bridgehead atoms. The molecule has 0 atom stereocenters. The number of aryl methyl sites for hydroxylation is 2. The van der Waals surface area contributed by atoms with Gasteiger partial charge in [-0.15, -0.1) is 0 Å². The molecule has 4 aromatic carbocycles. The molecular formula is C33H37N7. The number of unbranched alkanes of at least 4 members (excludes halogenated alkanes) is 1. The normalized spacial score (nSPS) is 11.7. The smallest absolute Gasteiger partial charge is 0.0887 e. The lowest BCUT2D eigenvalue weighted by molar-refractivity contribution is 0.795. The van der Waals surface area contributed by atoms with Crippen LogP contribution < -0.4 is 4.90 Å². The van der Waals surface area contributed by atoms with Gasteiger partial charge in [0.2, 0.25) is 0 Å². The van der Waals surface area contributed by atoms with E-state index in [0.717, 1.165) is 59.2 Å². The molecule has 0 saturated carbocycles. The fraction of sp³-hybridized carbons (Fsp3) is 0.273. The van der Waals surface area contributed by atoms with E-state index in [-0.39, 0.29) is 0 Å². The molecule has 40 heavy (non-hydrogen) atoms. The van der Waals surface area contributed by atoms with E-state index in [2.05, 4.69) is 80.6 Å². The molecule has 0 fully saturated rings. The maximum atomic E-state index is 4.42. The zero-order chi connectivity index (χ0) is 28.2. The van der Waals surface area contributed by atoms with Gasteiger partial charge in [0, 0.05) is 18.8 Å². The fourth-order valence-corrected chi connectivity index (χ4v) is 4.17. The first-order chi connectivity index (χ1) is 19.6. The summed E-state index contributed by atoms with van der Waals surface area (Å²) in [5, 5.41) is 26.3. The highest BCUT2D eigenvalue weighted by Crippen LogP contribution is 2.29. The van der Waals surface area contributed by atoms with Crippen molar-refractivity contribution >= 4 is 39.8 Å². The van der Waals surface area contributed by atoms with Crippen LogP contribution in [0.4, 0.5) is 39.8 Å². The monoisotopic (exact) mass is 531 g/mol. The van der Waals surface area contributed by atoms with Gasteiger partial charge in [-0.25, -0.2) is 0 Å². The first-order valence-corrected chi connectivity index (χ1v) is 14.0. The van der Waals surface area contributed by atoms with Crippen molar-refractivity contribution < 1.29 is 0 Å². The molecule has 7 heteroatoms. The van der Waals surface area contributed by atoms with Crippen LogP contribution in [0.2, 0.25) is 0 Å². The van der Waals surface area contributed by atoms with Gasteiger partial charge >= 0.3 is 0 Å². The van der Waals surface area contributed by atoms with Crippen LogP contribution >= 0.6 is 0 Å². The van der Waals surface area contributed by atoms with Crippen molar-refractivity contribution in [2.75, 3.05) is 18.0 Å². The summed E-state index contributed by atoms with van der Waals surface area (Å²) in [5.74, 6) is 0. The minimum absolute atomic E-state index is 0.746. The van der Waals surface area contributed by atoms with Gasteiger partial charge in [0.15, 0.2) is 0 Å². The molecule has 0 aromatic heterocycles. The van der Waals surface area contributed by atoms with E-state index in [1.165, 1.54) is 24.1 Å². The van der Waals surface area contributed by atoms with Crippen LogP contribution in [-0.4, -0.2) is 13.1 Å².